The molecular formula is C19H11Cl2F6N7O3. The summed E-state index contributed by atoms with van der Waals surface area (Å²) < 4.78 is 81.9. The van der Waals surface area contributed by atoms with Gasteiger partial charge < -0.3 is 10.1 Å². The zero-order chi connectivity index (χ0) is 27.4. The minimum Gasteiger partial charge on any atom is -0.440 e. The average molecular weight is 570 g/mol. The Morgan fingerprint density at radius 3 is 2.27 bits per heavy atom. The van der Waals surface area contributed by atoms with E-state index in [1.807, 2.05) is 0 Å². The molecule has 196 valence electrons. The van der Waals surface area contributed by atoms with E-state index in [-0.39, 0.29) is 10.7 Å². The van der Waals surface area contributed by atoms with E-state index in [0.717, 1.165) is 12.3 Å². The molecule has 0 aliphatic rings. The molecule has 0 atom stereocenters. The number of halogens is 8. The number of anilines is 3. The van der Waals surface area contributed by atoms with E-state index in [1.165, 1.54) is 36.4 Å². The van der Waals surface area contributed by atoms with Gasteiger partial charge in [-0.15, -0.1) is 0 Å². The highest BCUT2D eigenvalue weighted by Gasteiger charge is 2.59. The number of ether oxygens (including phenoxy) is 1. The van der Waals surface area contributed by atoms with Gasteiger partial charge in [-0.25, -0.2) is 5.43 Å². The van der Waals surface area contributed by atoms with Crippen LogP contribution in [0.1, 0.15) is 5.56 Å². The third kappa shape index (κ3) is 7.53. The lowest BCUT2D eigenvalue weighted by atomic mass is 10.2. The van der Waals surface area contributed by atoms with E-state index in [4.69, 9.17) is 23.2 Å². The highest BCUT2D eigenvalue weighted by Crippen LogP contribution is 2.36. The number of benzene rings is 2. The van der Waals surface area contributed by atoms with Crippen molar-refractivity contribution in [3.05, 3.63) is 68.2 Å². The number of nitrogens with zero attached hydrogens (tertiary/aromatic N) is 5. The monoisotopic (exact) mass is 569 g/mol. The third-order valence-electron chi connectivity index (χ3n) is 4.11. The van der Waals surface area contributed by atoms with Gasteiger partial charge in [0.25, 0.3) is 17.7 Å². The molecule has 0 aliphatic heterocycles. The Labute approximate surface area is 212 Å². The number of nitrogens with one attached hydrogen (secondary N) is 2. The van der Waals surface area contributed by atoms with Gasteiger partial charge in [-0.2, -0.15) is 46.4 Å². The van der Waals surface area contributed by atoms with Gasteiger partial charge in [0.1, 0.15) is 5.69 Å². The maximum atomic E-state index is 13.0. The van der Waals surface area contributed by atoms with Crippen LogP contribution in [0.5, 0.6) is 6.01 Å². The Hall–Kier alpha value is -3.92. The second kappa shape index (κ2) is 11.0. The van der Waals surface area contributed by atoms with Gasteiger partial charge >= 0.3 is 18.4 Å². The lowest BCUT2D eigenvalue weighted by molar-refractivity contribution is -0.383. The average Bonchev–Trinajstić information content (AvgIpc) is 2.77. The normalized spacial score (nSPS) is 12.1. The van der Waals surface area contributed by atoms with Gasteiger partial charge in [0, 0.05) is 16.7 Å². The second-order valence-electron chi connectivity index (χ2n) is 6.78. The molecule has 3 aromatic rings. The number of rotatable bonds is 8. The Bertz CT molecular complexity index is 1310. The predicted molar refractivity (Wildman–Crippen MR) is 120 cm³/mol. The largest absolute Gasteiger partial charge is 0.440 e. The van der Waals surface area contributed by atoms with Crippen LogP contribution < -0.4 is 15.5 Å². The van der Waals surface area contributed by atoms with Crippen LogP contribution in [0.4, 0.5) is 49.6 Å². The fraction of sp³-hybridized carbons (Fsp3) is 0.158. The molecule has 0 unspecified atom stereocenters. The van der Waals surface area contributed by atoms with Crippen molar-refractivity contribution in [2.45, 2.75) is 18.5 Å². The number of nitro benzene ring substituents is 1. The second-order valence-corrected chi connectivity index (χ2v) is 7.63. The molecule has 18 heteroatoms. The predicted octanol–water partition coefficient (Wildman–Crippen LogP) is 6.15. The molecule has 2 N–H and O–H groups in total. The van der Waals surface area contributed by atoms with Gasteiger partial charge in [-0.1, -0.05) is 41.4 Å². The Morgan fingerprint density at radius 1 is 1.00 bits per heavy atom. The van der Waals surface area contributed by atoms with E-state index in [2.05, 4.69) is 35.5 Å². The standard InChI is InChI=1S/C19H11Cl2F6N7O3/c20-10-6-5-9(11(21)7-10)8-28-33-16-30-15(29-12-3-1-2-4-13(12)34(35)36)31-17(32-16)37-14(18(22,23)24)19(25,26)27/h1-8,14H,(H2,29,30,31,32,33)/b28-8+. The topological polar surface area (TPSA) is 127 Å². The van der Waals surface area contributed by atoms with E-state index in [0.29, 0.717) is 10.6 Å². The number of hydrogen-bond donors (Lipinski definition) is 2. The summed E-state index contributed by atoms with van der Waals surface area (Å²) in [6.45, 7) is 0. The highest BCUT2D eigenvalue weighted by molar-refractivity contribution is 6.36. The molecule has 0 spiro atoms. The van der Waals surface area contributed by atoms with E-state index in [1.54, 1.807) is 0 Å². The van der Waals surface area contributed by atoms with Crippen molar-refractivity contribution in [2.24, 2.45) is 5.10 Å². The summed E-state index contributed by atoms with van der Waals surface area (Å²) >= 11 is 11.8. The van der Waals surface area contributed by atoms with Crippen molar-refractivity contribution in [3.63, 3.8) is 0 Å². The van der Waals surface area contributed by atoms with Gasteiger partial charge in [-0.05, 0) is 18.2 Å². The van der Waals surface area contributed by atoms with Gasteiger partial charge in [0.2, 0.25) is 5.95 Å². The number of alkyl halides is 6. The van der Waals surface area contributed by atoms with Crippen LogP contribution >= 0.6 is 23.2 Å². The van der Waals surface area contributed by atoms with Gasteiger partial charge in [-0.3, -0.25) is 10.1 Å². The molecule has 37 heavy (non-hydrogen) atoms. The fourth-order valence-electron chi connectivity index (χ4n) is 2.56. The summed E-state index contributed by atoms with van der Waals surface area (Å²) in [5.74, 6) is -1.36. The van der Waals surface area contributed by atoms with Crippen molar-refractivity contribution >= 4 is 52.7 Å². The van der Waals surface area contributed by atoms with Crippen LogP contribution in [0.25, 0.3) is 0 Å². The van der Waals surface area contributed by atoms with Crippen LogP contribution in [0, 0.1) is 10.1 Å². The number of para-hydroxylation sites is 2. The molecule has 0 radical (unpaired) electrons. The molecule has 0 saturated heterocycles. The van der Waals surface area contributed by atoms with E-state index >= 15 is 0 Å². The summed E-state index contributed by atoms with van der Waals surface area (Å²) in [6, 6.07) is 7.92. The molecule has 1 heterocycles. The van der Waals surface area contributed by atoms with Crippen LogP contribution in [-0.4, -0.2) is 44.5 Å². The number of hydrazone groups is 1. The van der Waals surface area contributed by atoms with Crippen molar-refractivity contribution in [1.82, 2.24) is 15.0 Å². The number of aromatic nitrogens is 3. The van der Waals surface area contributed by atoms with E-state index < -0.39 is 47.0 Å². The summed E-state index contributed by atoms with van der Waals surface area (Å²) in [5.41, 5.74) is 1.81. The van der Waals surface area contributed by atoms with E-state index in [9.17, 15) is 36.5 Å². The Balaban J connectivity index is 1.98. The molecule has 2 aromatic carbocycles. The van der Waals surface area contributed by atoms with Crippen molar-refractivity contribution in [2.75, 3.05) is 10.7 Å². The first kappa shape index (κ1) is 27.7. The lowest BCUT2D eigenvalue weighted by Crippen LogP contribution is -2.46. The number of hydrogen-bond acceptors (Lipinski definition) is 9. The van der Waals surface area contributed by atoms with Crippen molar-refractivity contribution < 1.29 is 36.0 Å². The molecule has 0 saturated carbocycles. The molecular weight excluding hydrogens is 559 g/mol. The first-order chi connectivity index (χ1) is 17.2. The first-order valence-corrected chi connectivity index (χ1v) is 10.3. The summed E-state index contributed by atoms with van der Waals surface area (Å²) in [4.78, 5) is 20.9. The summed E-state index contributed by atoms with van der Waals surface area (Å²) in [7, 11) is 0. The fourth-order valence-corrected chi connectivity index (χ4v) is 3.02. The van der Waals surface area contributed by atoms with Crippen molar-refractivity contribution in [1.29, 1.82) is 0 Å². The zero-order valence-electron chi connectivity index (χ0n) is 17.7. The minimum absolute atomic E-state index is 0.176. The smallest absolute Gasteiger partial charge is 0.434 e. The minimum atomic E-state index is -5.87. The quantitative estimate of drug-likeness (QED) is 0.143. The SMILES string of the molecule is O=[N+]([O-])c1ccccc1Nc1nc(N/N=C/c2ccc(Cl)cc2Cl)nc(OC(C(F)(F)F)C(F)(F)F)n1. The molecule has 0 fully saturated rings. The summed E-state index contributed by atoms with van der Waals surface area (Å²) in [5, 5.41) is 17.8. The summed E-state index contributed by atoms with van der Waals surface area (Å²) in [6.07, 6.45) is -14.9. The third-order valence-corrected chi connectivity index (χ3v) is 4.67. The van der Waals surface area contributed by atoms with Gasteiger partial charge in [0.05, 0.1) is 16.2 Å². The maximum absolute atomic E-state index is 13.0. The molecule has 10 nitrogen and oxygen atoms in total. The van der Waals surface area contributed by atoms with Crippen LogP contribution in [0.15, 0.2) is 47.6 Å². The molecule has 3 rings (SSSR count). The molecule has 0 aliphatic carbocycles. The first-order valence-electron chi connectivity index (χ1n) is 9.55. The Kier molecular flexibility index (Phi) is 8.22. The van der Waals surface area contributed by atoms with Crippen LogP contribution in [-0.2, 0) is 0 Å². The maximum Gasteiger partial charge on any atom is 0.434 e. The lowest BCUT2D eigenvalue weighted by Gasteiger charge is -2.22. The molecule has 0 bridgehead atoms. The zero-order valence-corrected chi connectivity index (χ0v) is 19.2. The molecule has 1 aromatic heterocycles. The van der Waals surface area contributed by atoms with Crippen molar-refractivity contribution in [3.8, 4) is 6.01 Å². The van der Waals surface area contributed by atoms with Crippen LogP contribution in [0.2, 0.25) is 10.0 Å². The Morgan fingerprint density at radius 2 is 1.65 bits per heavy atom. The van der Waals surface area contributed by atoms with Crippen LogP contribution in [0.3, 0.4) is 0 Å². The highest BCUT2D eigenvalue weighted by atomic mass is 35.5. The van der Waals surface area contributed by atoms with Gasteiger partial charge in [0.15, 0.2) is 0 Å². The molecule has 0 amide bonds. The number of nitro groups is 1.